The topological polar surface area (TPSA) is 132 Å². The second kappa shape index (κ2) is 10.4. The number of carbonyl (C=O) groups excluding carboxylic acids is 1. The lowest BCUT2D eigenvalue weighted by Gasteiger charge is -2.17. The van der Waals surface area contributed by atoms with Crippen LogP contribution >= 0.6 is 11.6 Å². The predicted molar refractivity (Wildman–Crippen MR) is 139 cm³/mol. The second-order valence-corrected chi connectivity index (χ2v) is 9.19. The van der Waals surface area contributed by atoms with E-state index in [0.717, 1.165) is 22.3 Å². The van der Waals surface area contributed by atoms with E-state index in [2.05, 4.69) is 5.32 Å². The average Bonchev–Trinajstić information content (AvgIpc) is 3.49. The largest absolute Gasteiger partial charge is 0.480 e. The number of halogens is 1. The number of nitrogens with one attached hydrogen (secondary N) is 1. The van der Waals surface area contributed by atoms with Crippen LogP contribution in [0.3, 0.4) is 0 Å². The van der Waals surface area contributed by atoms with E-state index in [0.29, 0.717) is 0 Å². The maximum Gasteiger partial charge on any atom is 0.407 e. The van der Waals surface area contributed by atoms with Gasteiger partial charge in [-0.25, -0.2) is 9.59 Å². The third kappa shape index (κ3) is 4.96. The summed E-state index contributed by atoms with van der Waals surface area (Å²) in [6, 6.07) is 21.6. The van der Waals surface area contributed by atoms with E-state index in [1.54, 1.807) is 0 Å². The van der Waals surface area contributed by atoms with E-state index in [1.807, 2.05) is 48.5 Å². The first-order valence-corrected chi connectivity index (χ1v) is 12.1. The Morgan fingerprint density at radius 2 is 1.66 bits per heavy atom. The third-order valence-corrected chi connectivity index (χ3v) is 6.66. The number of aliphatic carboxylic acids is 1. The van der Waals surface area contributed by atoms with E-state index in [1.165, 1.54) is 30.3 Å². The van der Waals surface area contributed by atoms with E-state index < -0.39 is 23.0 Å². The highest BCUT2D eigenvalue weighted by Gasteiger charge is 2.30. The van der Waals surface area contributed by atoms with Crippen molar-refractivity contribution in [2.24, 2.45) is 0 Å². The maximum atomic E-state index is 12.6. The van der Waals surface area contributed by atoms with Crippen molar-refractivity contribution in [2.75, 3.05) is 6.61 Å². The molecular weight excluding hydrogens is 512 g/mol. The molecular formula is C28H21ClN2O7. The summed E-state index contributed by atoms with van der Waals surface area (Å²) in [6.45, 7) is 0.0390. The minimum atomic E-state index is -1.34. The lowest BCUT2D eigenvalue weighted by atomic mass is 9.98. The standard InChI is InChI=1S/C28H21ClN2O7/c29-16-9-11-22(25(13-16)31(35)36)26-12-10-17(38-26)14-24(27(32)33)30-28(34)37-15-23-20-7-3-1-5-18(20)19-6-2-4-8-21(19)23/h1-13,23-24H,14-15H2,(H,30,34)(H,32,33). The van der Waals surface area contributed by atoms with Gasteiger partial charge in [0.25, 0.3) is 5.69 Å². The summed E-state index contributed by atoms with van der Waals surface area (Å²) < 4.78 is 11.1. The fourth-order valence-corrected chi connectivity index (χ4v) is 4.85. The molecule has 1 amide bonds. The zero-order valence-electron chi connectivity index (χ0n) is 19.8. The highest BCUT2D eigenvalue weighted by molar-refractivity contribution is 6.30. The number of alkyl carbamates (subject to hydrolysis) is 1. The Bertz CT molecular complexity index is 1500. The van der Waals surface area contributed by atoms with Gasteiger partial charge in [-0.15, -0.1) is 0 Å². The van der Waals surface area contributed by atoms with Gasteiger partial charge in [-0.3, -0.25) is 10.1 Å². The van der Waals surface area contributed by atoms with Crippen LogP contribution in [0.5, 0.6) is 0 Å². The van der Waals surface area contributed by atoms with Crippen LogP contribution in [0.1, 0.15) is 22.8 Å². The number of nitro groups is 1. The van der Waals surface area contributed by atoms with Crippen LogP contribution in [0.25, 0.3) is 22.5 Å². The number of carboxylic acid groups (broad SMARTS) is 1. The molecule has 5 rings (SSSR count). The molecule has 1 atom stereocenters. The molecule has 9 nitrogen and oxygen atoms in total. The Morgan fingerprint density at radius 1 is 1.00 bits per heavy atom. The number of amides is 1. The van der Waals surface area contributed by atoms with Gasteiger partial charge in [0.15, 0.2) is 0 Å². The molecule has 3 aromatic carbocycles. The Morgan fingerprint density at radius 3 is 2.29 bits per heavy atom. The Balaban J connectivity index is 1.26. The van der Waals surface area contributed by atoms with E-state index in [-0.39, 0.29) is 46.7 Å². The molecule has 1 unspecified atom stereocenters. The van der Waals surface area contributed by atoms with Gasteiger partial charge >= 0.3 is 12.1 Å². The number of benzene rings is 3. The lowest BCUT2D eigenvalue weighted by molar-refractivity contribution is -0.384. The number of rotatable bonds is 8. The van der Waals surface area contributed by atoms with Crippen LogP contribution < -0.4 is 5.32 Å². The molecule has 0 spiro atoms. The van der Waals surface area contributed by atoms with Gasteiger partial charge in [0.2, 0.25) is 0 Å². The summed E-state index contributed by atoms with van der Waals surface area (Å²) in [6.07, 6.45) is -1.07. The molecule has 1 aliphatic rings. The Hall–Kier alpha value is -4.63. The van der Waals surface area contributed by atoms with Crippen molar-refractivity contribution in [3.63, 3.8) is 0 Å². The molecule has 10 heteroatoms. The van der Waals surface area contributed by atoms with Crippen molar-refractivity contribution in [3.05, 3.63) is 111 Å². The molecule has 1 aromatic heterocycles. The number of fused-ring (bicyclic) bond motifs is 3. The molecule has 2 N–H and O–H groups in total. The fraction of sp³-hybridized carbons (Fsp3) is 0.143. The predicted octanol–water partition coefficient (Wildman–Crippen LogP) is 6.04. The molecule has 192 valence electrons. The van der Waals surface area contributed by atoms with Crippen molar-refractivity contribution >= 4 is 29.4 Å². The first kappa shape index (κ1) is 25.0. The Labute approximate surface area is 221 Å². The molecule has 0 radical (unpaired) electrons. The Kier molecular flexibility index (Phi) is 6.85. The smallest absolute Gasteiger partial charge is 0.407 e. The number of carbonyl (C=O) groups is 2. The summed E-state index contributed by atoms with van der Waals surface area (Å²) >= 11 is 5.87. The molecule has 0 bridgehead atoms. The number of hydrogen-bond donors (Lipinski definition) is 2. The number of nitrogens with zero attached hydrogens (tertiary/aromatic N) is 1. The molecule has 4 aromatic rings. The van der Waals surface area contributed by atoms with Gasteiger partial charge in [0, 0.05) is 23.4 Å². The molecule has 0 saturated heterocycles. The average molecular weight is 533 g/mol. The minimum absolute atomic E-state index is 0.0390. The van der Waals surface area contributed by atoms with E-state index in [9.17, 15) is 24.8 Å². The first-order valence-electron chi connectivity index (χ1n) is 11.7. The van der Waals surface area contributed by atoms with Crippen molar-refractivity contribution in [1.82, 2.24) is 5.32 Å². The first-order chi connectivity index (χ1) is 18.3. The van der Waals surface area contributed by atoms with Crippen LogP contribution in [0.15, 0.2) is 83.3 Å². The van der Waals surface area contributed by atoms with Gasteiger partial charge < -0.3 is 19.6 Å². The van der Waals surface area contributed by atoms with Crippen LogP contribution in [-0.4, -0.2) is 34.7 Å². The molecule has 0 aliphatic heterocycles. The van der Waals surface area contributed by atoms with Gasteiger partial charge in [-0.05, 0) is 46.5 Å². The third-order valence-electron chi connectivity index (χ3n) is 6.42. The van der Waals surface area contributed by atoms with Crippen LogP contribution in [-0.2, 0) is 16.0 Å². The molecule has 38 heavy (non-hydrogen) atoms. The van der Waals surface area contributed by atoms with E-state index >= 15 is 0 Å². The fourth-order valence-electron chi connectivity index (χ4n) is 4.68. The quantitative estimate of drug-likeness (QED) is 0.209. The molecule has 1 heterocycles. The summed E-state index contributed by atoms with van der Waals surface area (Å²) in [5.41, 5.74) is 4.18. The monoisotopic (exact) mass is 532 g/mol. The number of hydrogen-bond acceptors (Lipinski definition) is 6. The number of carboxylic acids is 1. The molecule has 0 saturated carbocycles. The number of ether oxygens (including phenoxy) is 1. The van der Waals surface area contributed by atoms with Crippen molar-refractivity contribution in [3.8, 4) is 22.5 Å². The zero-order valence-corrected chi connectivity index (χ0v) is 20.6. The van der Waals surface area contributed by atoms with Gasteiger partial charge in [0.1, 0.15) is 24.2 Å². The second-order valence-electron chi connectivity index (χ2n) is 8.75. The van der Waals surface area contributed by atoms with Crippen molar-refractivity contribution in [2.45, 2.75) is 18.4 Å². The summed E-state index contributed by atoms with van der Waals surface area (Å²) in [5.74, 6) is -1.06. The number of nitro benzene ring substituents is 1. The highest BCUT2D eigenvalue weighted by atomic mass is 35.5. The van der Waals surface area contributed by atoms with E-state index in [4.69, 9.17) is 20.8 Å². The van der Waals surface area contributed by atoms with Crippen LogP contribution in [0.4, 0.5) is 10.5 Å². The van der Waals surface area contributed by atoms with Crippen LogP contribution in [0.2, 0.25) is 5.02 Å². The summed E-state index contributed by atoms with van der Waals surface area (Å²) in [5, 5.41) is 23.7. The maximum absolute atomic E-state index is 12.6. The summed E-state index contributed by atoms with van der Waals surface area (Å²) in [7, 11) is 0. The summed E-state index contributed by atoms with van der Waals surface area (Å²) in [4.78, 5) is 35.3. The van der Waals surface area contributed by atoms with Crippen molar-refractivity contribution < 1.29 is 28.8 Å². The molecule has 1 aliphatic carbocycles. The lowest BCUT2D eigenvalue weighted by Crippen LogP contribution is -2.42. The highest BCUT2D eigenvalue weighted by Crippen LogP contribution is 2.44. The van der Waals surface area contributed by atoms with Gasteiger partial charge in [-0.1, -0.05) is 60.1 Å². The van der Waals surface area contributed by atoms with Gasteiger partial charge in [0.05, 0.1) is 10.5 Å². The SMILES string of the molecule is O=C(NC(Cc1ccc(-c2ccc(Cl)cc2[N+](=O)[O-])o1)C(=O)O)OCC1c2ccccc2-c2ccccc21. The number of furan rings is 1. The van der Waals surface area contributed by atoms with Crippen LogP contribution in [0, 0.1) is 10.1 Å². The van der Waals surface area contributed by atoms with Gasteiger partial charge in [-0.2, -0.15) is 0 Å². The zero-order chi connectivity index (χ0) is 26.8. The minimum Gasteiger partial charge on any atom is -0.480 e. The van der Waals surface area contributed by atoms with Crippen molar-refractivity contribution in [1.29, 1.82) is 0 Å². The normalized spacial score (nSPS) is 12.9. The molecule has 0 fully saturated rings.